The first kappa shape index (κ1) is 16.0. The quantitative estimate of drug-likeness (QED) is 0.435. The van der Waals surface area contributed by atoms with E-state index in [1.165, 1.54) is 7.11 Å². The fraction of sp³-hybridized carbons (Fsp3) is 0.412. The minimum atomic E-state index is -0.171. The number of methoxy groups -OCH3 is 1. The van der Waals surface area contributed by atoms with Crippen molar-refractivity contribution in [3.63, 3.8) is 0 Å². The van der Waals surface area contributed by atoms with Crippen molar-refractivity contribution in [2.24, 2.45) is 0 Å². The zero-order valence-corrected chi connectivity index (χ0v) is 11.9. The van der Waals surface area contributed by atoms with E-state index in [9.17, 15) is 9.59 Å². The molecular weight excluding hydrogens is 252 g/mol. The Labute approximate surface area is 120 Å². The first-order chi connectivity index (χ1) is 9.72. The highest BCUT2D eigenvalue weighted by Gasteiger charge is 2.00. The van der Waals surface area contributed by atoms with Gasteiger partial charge in [-0.15, -0.1) is 0 Å². The minimum absolute atomic E-state index is 0.0261. The number of ketones is 1. The fourth-order valence-corrected chi connectivity index (χ4v) is 1.74. The summed E-state index contributed by atoms with van der Waals surface area (Å²) in [5.74, 6) is 5.31. The van der Waals surface area contributed by atoms with Gasteiger partial charge in [0, 0.05) is 18.4 Å². The van der Waals surface area contributed by atoms with Crippen molar-refractivity contribution in [1.29, 1.82) is 0 Å². The van der Waals surface area contributed by atoms with E-state index in [0.717, 1.165) is 31.2 Å². The Kier molecular flexibility index (Phi) is 7.83. The number of esters is 1. The van der Waals surface area contributed by atoms with Gasteiger partial charge in [0.1, 0.15) is 0 Å². The number of benzene rings is 1. The van der Waals surface area contributed by atoms with Crippen LogP contribution in [0.3, 0.4) is 0 Å². The molecule has 0 bridgehead atoms. The van der Waals surface area contributed by atoms with E-state index in [-0.39, 0.29) is 11.8 Å². The lowest BCUT2D eigenvalue weighted by Gasteiger charge is -1.99. The van der Waals surface area contributed by atoms with E-state index in [2.05, 4.69) is 16.6 Å². The van der Waals surface area contributed by atoms with Crippen molar-refractivity contribution in [3.05, 3.63) is 35.9 Å². The predicted octanol–water partition coefficient (Wildman–Crippen LogP) is 3.12. The van der Waals surface area contributed by atoms with Crippen LogP contribution >= 0.6 is 0 Å². The Bertz CT molecular complexity index is 480. The SMILES string of the molecule is COC(=O)CCCCCCC(=O)C#Cc1ccccc1. The molecule has 0 aliphatic rings. The fourth-order valence-electron chi connectivity index (χ4n) is 1.74. The van der Waals surface area contributed by atoms with Crippen molar-refractivity contribution in [2.45, 2.75) is 38.5 Å². The molecule has 0 atom stereocenters. The highest BCUT2D eigenvalue weighted by molar-refractivity contribution is 5.95. The maximum atomic E-state index is 11.6. The summed E-state index contributed by atoms with van der Waals surface area (Å²) in [5.41, 5.74) is 0.860. The summed E-state index contributed by atoms with van der Waals surface area (Å²) in [5, 5.41) is 0. The normalized spacial score (nSPS) is 9.45. The zero-order chi connectivity index (χ0) is 14.6. The monoisotopic (exact) mass is 272 g/mol. The Balaban J connectivity index is 2.12. The molecule has 0 amide bonds. The molecule has 0 saturated carbocycles. The molecule has 0 unspecified atom stereocenters. The van der Waals surface area contributed by atoms with Gasteiger partial charge in [-0.25, -0.2) is 0 Å². The van der Waals surface area contributed by atoms with E-state index in [4.69, 9.17) is 0 Å². The van der Waals surface area contributed by atoms with Gasteiger partial charge in [-0.3, -0.25) is 9.59 Å². The molecule has 0 radical (unpaired) electrons. The number of unbranched alkanes of at least 4 members (excludes halogenated alkanes) is 3. The Hall–Kier alpha value is -2.08. The van der Waals surface area contributed by atoms with Gasteiger partial charge in [0.25, 0.3) is 0 Å². The highest BCUT2D eigenvalue weighted by Crippen LogP contribution is 2.06. The van der Waals surface area contributed by atoms with E-state index in [1.54, 1.807) is 0 Å². The van der Waals surface area contributed by atoms with Crippen LogP contribution in [-0.2, 0) is 14.3 Å². The average molecular weight is 272 g/mol. The van der Waals surface area contributed by atoms with Gasteiger partial charge in [-0.1, -0.05) is 37.0 Å². The molecule has 3 heteroatoms. The third-order valence-electron chi connectivity index (χ3n) is 2.88. The molecule has 0 heterocycles. The molecule has 20 heavy (non-hydrogen) atoms. The van der Waals surface area contributed by atoms with Gasteiger partial charge < -0.3 is 4.74 Å². The lowest BCUT2D eigenvalue weighted by atomic mass is 10.1. The maximum absolute atomic E-state index is 11.6. The molecule has 1 rings (SSSR count). The summed E-state index contributed by atoms with van der Waals surface area (Å²) in [6.45, 7) is 0. The molecule has 0 saturated heterocycles. The predicted molar refractivity (Wildman–Crippen MR) is 78.0 cm³/mol. The van der Waals surface area contributed by atoms with Crippen LogP contribution < -0.4 is 0 Å². The van der Waals surface area contributed by atoms with Crippen molar-refractivity contribution in [1.82, 2.24) is 0 Å². The van der Waals surface area contributed by atoms with E-state index in [0.29, 0.717) is 12.8 Å². The molecule has 0 N–H and O–H groups in total. The number of carbonyl (C=O) groups is 2. The van der Waals surface area contributed by atoms with Crippen LogP contribution in [0.15, 0.2) is 30.3 Å². The van der Waals surface area contributed by atoms with Crippen molar-refractivity contribution in [3.8, 4) is 11.8 Å². The number of hydrogen-bond acceptors (Lipinski definition) is 3. The van der Waals surface area contributed by atoms with Crippen LogP contribution in [0.25, 0.3) is 0 Å². The maximum Gasteiger partial charge on any atom is 0.305 e. The van der Waals surface area contributed by atoms with Gasteiger partial charge in [-0.05, 0) is 30.9 Å². The minimum Gasteiger partial charge on any atom is -0.469 e. The van der Waals surface area contributed by atoms with Crippen molar-refractivity contribution in [2.75, 3.05) is 7.11 Å². The van der Waals surface area contributed by atoms with Gasteiger partial charge in [0.05, 0.1) is 7.11 Å². The van der Waals surface area contributed by atoms with E-state index < -0.39 is 0 Å². The van der Waals surface area contributed by atoms with Crippen LogP contribution in [0.1, 0.15) is 44.1 Å². The standard InChI is InChI=1S/C17H20O3/c1-20-17(19)12-8-3-2-7-11-16(18)14-13-15-9-5-4-6-10-15/h4-6,9-10H,2-3,7-8,11-12H2,1H3. The summed E-state index contributed by atoms with van der Waals surface area (Å²) in [4.78, 5) is 22.4. The van der Waals surface area contributed by atoms with Gasteiger partial charge in [-0.2, -0.15) is 0 Å². The summed E-state index contributed by atoms with van der Waals surface area (Å²) in [6, 6.07) is 9.48. The number of hydrogen-bond donors (Lipinski definition) is 0. The number of rotatable bonds is 7. The van der Waals surface area contributed by atoms with Crippen molar-refractivity contribution < 1.29 is 14.3 Å². The molecule has 0 aromatic heterocycles. The van der Waals surface area contributed by atoms with E-state index >= 15 is 0 Å². The number of carbonyl (C=O) groups excluding carboxylic acids is 2. The lowest BCUT2D eigenvalue weighted by Crippen LogP contribution is -1.99. The molecular formula is C17H20O3. The molecule has 1 aromatic rings. The van der Waals surface area contributed by atoms with Crippen LogP contribution in [-0.4, -0.2) is 18.9 Å². The highest BCUT2D eigenvalue weighted by atomic mass is 16.5. The molecule has 0 aliphatic carbocycles. The Morgan fingerprint density at radius 3 is 2.30 bits per heavy atom. The number of Topliss-reactive ketones (excluding diaryl/α,β-unsaturated/α-hetero) is 1. The van der Waals surface area contributed by atoms with Gasteiger partial charge in [0.15, 0.2) is 0 Å². The van der Waals surface area contributed by atoms with Gasteiger partial charge in [0.2, 0.25) is 5.78 Å². The molecule has 3 nitrogen and oxygen atoms in total. The number of ether oxygens (including phenoxy) is 1. The molecule has 0 spiro atoms. The third-order valence-corrected chi connectivity index (χ3v) is 2.88. The molecule has 1 aromatic carbocycles. The lowest BCUT2D eigenvalue weighted by molar-refractivity contribution is -0.140. The van der Waals surface area contributed by atoms with Crippen LogP contribution in [0, 0.1) is 11.8 Å². The third kappa shape index (κ3) is 7.38. The smallest absolute Gasteiger partial charge is 0.305 e. The van der Waals surface area contributed by atoms with Crippen LogP contribution in [0.2, 0.25) is 0 Å². The molecule has 106 valence electrons. The Morgan fingerprint density at radius 1 is 1.00 bits per heavy atom. The zero-order valence-electron chi connectivity index (χ0n) is 11.9. The summed E-state index contributed by atoms with van der Waals surface area (Å²) in [7, 11) is 1.40. The second-order valence-corrected chi connectivity index (χ2v) is 4.53. The van der Waals surface area contributed by atoms with E-state index in [1.807, 2.05) is 30.3 Å². The van der Waals surface area contributed by atoms with Crippen molar-refractivity contribution >= 4 is 11.8 Å². The molecule has 0 aliphatic heterocycles. The van der Waals surface area contributed by atoms with Crippen LogP contribution in [0.4, 0.5) is 0 Å². The second-order valence-electron chi connectivity index (χ2n) is 4.53. The Morgan fingerprint density at radius 2 is 1.65 bits per heavy atom. The first-order valence-electron chi connectivity index (χ1n) is 6.89. The summed E-state index contributed by atoms with van der Waals surface area (Å²) >= 11 is 0. The van der Waals surface area contributed by atoms with Crippen LogP contribution in [0.5, 0.6) is 0 Å². The summed E-state index contributed by atoms with van der Waals surface area (Å²) < 4.78 is 4.56. The second kappa shape index (κ2) is 9.80. The topological polar surface area (TPSA) is 43.4 Å². The largest absolute Gasteiger partial charge is 0.469 e. The molecule has 0 fully saturated rings. The van der Waals surface area contributed by atoms with Gasteiger partial charge >= 0.3 is 5.97 Å². The average Bonchev–Trinajstić information content (AvgIpc) is 2.49. The summed E-state index contributed by atoms with van der Waals surface area (Å²) in [6.07, 6.45) is 4.46. The first-order valence-corrected chi connectivity index (χ1v) is 6.89.